The summed E-state index contributed by atoms with van der Waals surface area (Å²) >= 11 is 1.68. The summed E-state index contributed by atoms with van der Waals surface area (Å²) in [6, 6.07) is 14.2. The number of pyridine rings is 1. The summed E-state index contributed by atoms with van der Waals surface area (Å²) in [6.45, 7) is 4.62. The fraction of sp³-hybridized carbons (Fsp3) is 0.333. The molecule has 0 unspecified atom stereocenters. The van der Waals surface area contributed by atoms with Gasteiger partial charge in [-0.15, -0.1) is 0 Å². The van der Waals surface area contributed by atoms with Crippen molar-refractivity contribution in [2.45, 2.75) is 20.3 Å². The van der Waals surface area contributed by atoms with Crippen molar-refractivity contribution < 1.29 is 4.79 Å². The number of carbonyl (C=O) groups is 1. The topological polar surface area (TPSA) is 33.2 Å². The standard InChI is InChI=1S/C18H22N2OS/c1-3-20(18-15(2)8-7-12-19-18)17(21)14-22-13-11-16-9-5-4-6-10-16/h4-10,12H,3,11,13-14H2,1-2H3. The lowest BCUT2D eigenvalue weighted by atomic mass is 10.2. The van der Waals surface area contributed by atoms with Crippen LogP contribution in [0.5, 0.6) is 0 Å². The smallest absolute Gasteiger partial charge is 0.238 e. The van der Waals surface area contributed by atoms with Crippen molar-refractivity contribution in [2.24, 2.45) is 0 Å². The van der Waals surface area contributed by atoms with Gasteiger partial charge in [-0.1, -0.05) is 36.4 Å². The average Bonchev–Trinajstić information content (AvgIpc) is 2.55. The predicted octanol–water partition coefficient (Wildman–Crippen LogP) is 3.72. The van der Waals surface area contributed by atoms with Crippen LogP contribution in [0.1, 0.15) is 18.1 Å². The molecular weight excluding hydrogens is 292 g/mol. The number of aryl methyl sites for hydroxylation is 2. The third-order valence-electron chi connectivity index (χ3n) is 3.46. The number of hydrogen-bond donors (Lipinski definition) is 0. The van der Waals surface area contributed by atoms with Gasteiger partial charge in [0.05, 0.1) is 5.75 Å². The zero-order valence-electron chi connectivity index (χ0n) is 13.2. The van der Waals surface area contributed by atoms with E-state index in [1.54, 1.807) is 22.9 Å². The molecule has 0 aliphatic carbocycles. The van der Waals surface area contributed by atoms with Gasteiger partial charge in [0.25, 0.3) is 0 Å². The van der Waals surface area contributed by atoms with Crippen LogP contribution in [0.25, 0.3) is 0 Å². The molecule has 0 N–H and O–H groups in total. The first kappa shape index (κ1) is 16.6. The van der Waals surface area contributed by atoms with Gasteiger partial charge in [-0.3, -0.25) is 9.69 Å². The average molecular weight is 314 g/mol. The third-order valence-corrected chi connectivity index (χ3v) is 4.40. The second-order valence-electron chi connectivity index (χ2n) is 5.07. The second kappa shape index (κ2) is 8.59. The van der Waals surface area contributed by atoms with Crippen molar-refractivity contribution in [1.29, 1.82) is 0 Å². The highest BCUT2D eigenvalue weighted by Gasteiger charge is 2.16. The molecule has 0 radical (unpaired) electrons. The minimum Gasteiger partial charge on any atom is -0.296 e. The molecule has 1 amide bonds. The van der Waals surface area contributed by atoms with E-state index < -0.39 is 0 Å². The van der Waals surface area contributed by atoms with E-state index in [1.165, 1.54) is 5.56 Å². The van der Waals surface area contributed by atoms with Crippen LogP contribution < -0.4 is 4.90 Å². The van der Waals surface area contributed by atoms with E-state index in [4.69, 9.17) is 0 Å². The van der Waals surface area contributed by atoms with Gasteiger partial charge in [-0.25, -0.2) is 4.98 Å². The van der Waals surface area contributed by atoms with Crippen LogP contribution in [0.4, 0.5) is 5.82 Å². The molecule has 116 valence electrons. The molecule has 3 nitrogen and oxygen atoms in total. The summed E-state index contributed by atoms with van der Waals surface area (Å²) in [6.07, 6.45) is 2.73. The number of benzene rings is 1. The lowest BCUT2D eigenvalue weighted by molar-refractivity contribution is -0.116. The molecule has 0 spiro atoms. The van der Waals surface area contributed by atoms with Gasteiger partial charge in [0.15, 0.2) is 0 Å². The lowest BCUT2D eigenvalue weighted by Crippen LogP contribution is -2.33. The number of anilines is 1. The molecule has 0 aliphatic heterocycles. The van der Waals surface area contributed by atoms with Crippen LogP contribution in [0.2, 0.25) is 0 Å². The Bertz CT molecular complexity index is 601. The molecule has 0 fully saturated rings. The Hall–Kier alpha value is -1.81. The molecule has 1 heterocycles. The van der Waals surface area contributed by atoms with E-state index in [2.05, 4.69) is 17.1 Å². The SMILES string of the molecule is CCN(C(=O)CSCCc1ccccc1)c1ncccc1C. The molecule has 2 rings (SSSR count). The van der Waals surface area contributed by atoms with E-state index in [-0.39, 0.29) is 5.91 Å². The molecular formula is C18H22N2OS. The van der Waals surface area contributed by atoms with E-state index in [9.17, 15) is 4.79 Å². The van der Waals surface area contributed by atoms with Crippen molar-refractivity contribution in [1.82, 2.24) is 4.98 Å². The van der Waals surface area contributed by atoms with Gasteiger partial charge in [0.1, 0.15) is 5.82 Å². The zero-order chi connectivity index (χ0) is 15.8. The summed E-state index contributed by atoms with van der Waals surface area (Å²) in [5, 5.41) is 0. The lowest BCUT2D eigenvalue weighted by Gasteiger charge is -2.21. The molecule has 2 aromatic rings. The van der Waals surface area contributed by atoms with E-state index in [1.807, 2.05) is 44.2 Å². The maximum absolute atomic E-state index is 12.4. The zero-order valence-corrected chi connectivity index (χ0v) is 14.0. The Morgan fingerprint density at radius 1 is 1.18 bits per heavy atom. The molecule has 22 heavy (non-hydrogen) atoms. The first-order chi connectivity index (χ1) is 10.7. The number of rotatable bonds is 7. The summed E-state index contributed by atoms with van der Waals surface area (Å²) in [7, 11) is 0. The molecule has 1 aromatic carbocycles. The monoisotopic (exact) mass is 314 g/mol. The number of nitrogens with zero attached hydrogens (tertiary/aromatic N) is 2. The van der Waals surface area contributed by atoms with Crippen LogP contribution in [0.3, 0.4) is 0 Å². The summed E-state index contributed by atoms with van der Waals surface area (Å²) in [5.74, 6) is 2.35. The van der Waals surface area contributed by atoms with Gasteiger partial charge < -0.3 is 0 Å². The van der Waals surface area contributed by atoms with E-state index in [0.717, 1.165) is 23.6 Å². The maximum atomic E-state index is 12.4. The number of hydrogen-bond acceptors (Lipinski definition) is 3. The Morgan fingerprint density at radius 2 is 1.95 bits per heavy atom. The van der Waals surface area contributed by atoms with Crippen LogP contribution in [-0.2, 0) is 11.2 Å². The predicted molar refractivity (Wildman–Crippen MR) is 94.5 cm³/mol. The largest absolute Gasteiger partial charge is 0.296 e. The number of amides is 1. The number of aromatic nitrogens is 1. The van der Waals surface area contributed by atoms with Crippen LogP contribution >= 0.6 is 11.8 Å². The minimum atomic E-state index is 0.127. The van der Waals surface area contributed by atoms with Crippen LogP contribution in [0, 0.1) is 6.92 Å². The maximum Gasteiger partial charge on any atom is 0.238 e. The minimum absolute atomic E-state index is 0.127. The van der Waals surface area contributed by atoms with Crippen LogP contribution in [0.15, 0.2) is 48.7 Å². The first-order valence-electron chi connectivity index (χ1n) is 7.56. The molecule has 0 saturated carbocycles. The molecule has 1 aromatic heterocycles. The third kappa shape index (κ3) is 4.60. The highest BCUT2D eigenvalue weighted by molar-refractivity contribution is 7.99. The van der Waals surface area contributed by atoms with Gasteiger partial charge >= 0.3 is 0 Å². The van der Waals surface area contributed by atoms with Crippen LogP contribution in [-0.4, -0.2) is 28.9 Å². The molecule has 0 saturated heterocycles. The Balaban J connectivity index is 1.84. The van der Waals surface area contributed by atoms with Crippen molar-refractivity contribution in [3.63, 3.8) is 0 Å². The molecule has 4 heteroatoms. The van der Waals surface area contributed by atoms with Crippen molar-refractivity contribution in [3.05, 3.63) is 59.8 Å². The Morgan fingerprint density at radius 3 is 2.64 bits per heavy atom. The van der Waals surface area contributed by atoms with Crippen molar-refractivity contribution >= 4 is 23.5 Å². The number of carbonyl (C=O) groups excluding carboxylic acids is 1. The highest BCUT2D eigenvalue weighted by Crippen LogP contribution is 2.17. The van der Waals surface area contributed by atoms with Gasteiger partial charge in [-0.05, 0) is 43.2 Å². The van der Waals surface area contributed by atoms with Gasteiger partial charge in [0.2, 0.25) is 5.91 Å². The van der Waals surface area contributed by atoms with E-state index in [0.29, 0.717) is 12.3 Å². The molecule has 0 atom stereocenters. The van der Waals surface area contributed by atoms with Crippen molar-refractivity contribution in [2.75, 3.05) is 23.0 Å². The summed E-state index contributed by atoms with van der Waals surface area (Å²) < 4.78 is 0. The normalized spacial score (nSPS) is 10.5. The van der Waals surface area contributed by atoms with Crippen molar-refractivity contribution in [3.8, 4) is 0 Å². The quantitative estimate of drug-likeness (QED) is 0.730. The van der Waals surface area contributed by atoms with E-state index >= 15 is 0 Å². The second-order valence-corrected chi connectivity index (χ2v) is 6.18. The molecule has 0 aliphatic rings. The van der Waals surface area contributed by atoms with Gasteiger partial charge in [-0.2, -0.15) is 11.8 Å². The fourth-order valence-electron chi connectivity index (χ4n) is 2.28. The fourth-order valence-corrected chi connectivity index (χ4v) is 3.13. The Labute approximate surface area is 136 Å². The van der Waals surface area contributed by atoms with Gasteiger partial charge in [0, 0.05) is 12.7 Å². The highest BCUT2D eigenvalue weighted by atomic mass is 32.2. The summed E-state index contributed by atoms with van der Waals surface area (Å²) in [4.78, 5) is 18.5. The first-order valence-corrected chi connectivity index (χ1v) is 8.71. The number of thioether (sulfide) groups is 1. The Kier molecular flexibility index (Phi) is 6.46. The molecule has 0 bridgehead atoms. The summed E-state index contributed by atoms with van der Waals surface area (Å²) in [5.41, 5.74) is 2.35.